The Morgan fingerprint density at radius 1 is 0.864 bits per heavy atom. The fraction of sp³-hybridized carbons (Fsp3) is 0.368. The third kappa shape index (κ3) is 2.69. The molecule has 3 heteroatoms. The van der Waals surface area contributed by atoms with Crippen LogP contribution >= 0.6 is 0 Å². The quantitative estimate of drug-likeness (QED) is 0.861. The Labute approximate surface area is 130 Å². The molecule has 0 saturated heterocycles. The van der Waals surface area contributed by atoms with Gasteiger partial charge in [0.25, 0.3) is 0 Å². The maximum atomic E-state index is 6.00. The SMILES string of the molecule is c1ccc(COC2CC3(COc4ccccc4OC3)C2)cc1. The topological polar surface area (TPSA) is 27.7 Å². The van der Waals surface area contributed by atoms with E-state index in [0.29, 0.717) is 12.7 Å². The number of hydrogen-bond donors (Lipinski definition) is 0. The van der Waals surface area contributed by atoms with Gasteiger partial charge in [0.2, 0.25) is 0 Å². The van der Waals surface area contributed by atoms with Crippen LogP contribution < -0.4 is 9.47 Å². The molecular formula is C19H20O3. The number of fused-ring (bicyclic) bond motifs is 1. The van der Waals surface area contributed by atoms with Gasteiger partial charge in [-0.25, -0.2) is 0 Å². The summed E-state index contributed by atoms with van der Waals surface area (Å²) < 4.78 is 17.9. The van der Waals surface area contributed by atoms with E-state index in [-0.39, 0.29) is 5.41 Å². The van der Waals surface area contributed by atoms with Crippen LogP contribution in [0.3, 0.4) is 0 Å². The molecule has 1 saturated carbocycles. The van der Waals surface area contributed by atoms with Gasteiger partial charge >= 0.3 is 0 Å². The van der Waals surface area contributed by atoms with Crippen molar-refractivity contribution in [2.45, 2.75) is 25.6 Å². The minimum absolute atomic E-state index is 0.111. The monoisotopic (exact) mass is 296 g/mol. The number of ether oxygens (including phenoxy) is 3. The van der Waals surface area contributed by atoms with E-state index in [4.69, 9.17) is 14.2 Å². The van der Waals surface area contributed by atoms with Crippen molar-refractivity contribution in [3.8, 4) is 11.5 Å². The molecule has 114 valence electrons. The Morgan fingerprint density at radius 2 is 1.45 bits per heavy atom. The average molecular weight is 296 g/mol. The molecule has 1 fully saturated rings. The molecule has 2 aliphatic rings. The summed E-state index contributed by atoms with van der Waals surface area (Å²) >= 11 is 0. The summed E-state index contributed by atoms with van der Waals surface area (Å²) in [6.45, 7) is 2.12. The van der Waals surface area contributed by atoms with Gasteiger partial charge in [-0.1, -0.05) is 42.5 Å². The van der Waals surface area contributed by atoms with Crippen molar-refractivity contribution in [1.82, 2.24) is 0 Å². The Kier molecular flexibility index (Phi) is 3.51. The van der Waals surface area contributed by atoms with E-state index >= 15 is 0 Å². The van der Waals surface area contributed by atoms with Gasteiger partial charge in [0.15, 0.2) is 11.5 Å². The van der Waals surface area contributed by atoms with E-state index in [1.54, 1.807) is 0 Å². The van der Waals surface area contributed by atoms with Crippen molar-refractivity contribution in [2.75, 3.05) is 13.2 Å². The zero-order chi connectivity index (χ0) is 14.8. The molecule has 3 nitrogen and oxygen atoms in total. The van der Waals surface area contributed by atoms with E-state index < -0.39 is 0 Å². The molecule has 0 radical (unpaired) electrons. The zero-order valence-electron chi connectivity index (χ0n) is 12.5. The molecule has 0 amide bonds. The maximum Gasteiger partial charge on any atom is 0.161 e. The summed E-state index contributed by atoms with van der Waals surface area (Å²) in [7, 11) is 0. The fourth-order valence-corrected chi connectivity index (χ4v) is 3.24. The highest BCUT2D eigenvalue weighted by Crippen LogP contribution is 2.46. The van der Waals surface area contributed by atoms with Crippen LogP contribution in [-0.2, 0) is 11.3 Å². The Hall–Kier alpha value is -2.00. The molecule has 22 heavy (non-hydrogen) atoms. The summed E-state index contributed by atoms with van der Waals surface area (Å²) in [5.74, 6) is 1.71. The highest BCUT2D eigenvalue weighted by atomic mass is 16.5. The van der Waals surface area contributed by atoms with Crippen LogP contribution in [0, 0.1) is 5.41 Å². The van der Waals surface area contributed by atoms with Crippen molar-refractivity contribution in [3.05, 3.63) is 60.2 Å². The Morgan fingerprint density at radius 3 is 2.09 bits per heavy atom. The van der Waals surface area contributed by atoms with Gasteiger partial charge in [-0.3, -0.25) is 0 Å². The van der Waals surface area contributed by atoms with E-state index in [0.717, 1.165) is 37.6 Å². The lowest BCUT2D eigenvalue weighted by atomic mass is 9.68. The normalized spacial score (nSPS) is 19.5. The van der Waals surface area contributed by atoms with Crippen molar-refractivity contribution >= 4 is 0 Å². The van der Waals surface area contributed by atoms with Crippen LogP contribution in [0.4, 0.5) is 0 Å². The Bertz CT molecular complexity index is 603. The second-order valence-corrected chi connectivity index (χ2v) is 6.35. The first-order chi connectivity index (χ1) is 10.8. The molecule has 0 unspecified atom stereocenters. The summed E-state index contributed by atoms with van der Waals surface area (Å²) in [5.41, 5.74) is 1.34. The largest absolute Gasteiger partial charge is 0.489 e. The van der Waals surface area contributed by atoms with Gasteiger partial charge in [0.1, 0.15) is 0 Å². The third-order valence-corrected chi connectivity index (χ3v) is 4.57. The van der Waals surface area contributed by atoms with Gasteiger partial charge in [0.05, 0.1) is 25.9 Å². The zero-order valence-corrected chi connectivity index (χ0v) is 12.5. The highest BCUT2D eigenvalue weighted by molar-refractivity contribution is 5.40. The molecule has 2 aromatic rings. The second-order valence-electron chi connectivity index (χ2n) is 6.35. The average Bonchev–Trinajstić information content (AvgIpc) is 2.73. The summed E-state index contributed by atoms with van der Waals surface area (Å²) in [6.07, 6.45) is 2.33. The van der Waals surface area contributed by atoms with Crippen molar-refractivity contribution < 1.29 is 14.2 Å². The van der Waals surface area contributed by atoms with Crippen molar-refractivity contribution in [1.29, 1.82) is 0 Å². The lowest BCUT2D eigenvalue weighted by Gasteiger charge is -2.45. The molecule has 4 rings (SSSR count). The smallest absolute Gasteiger partial charge is 0.161 e. The first-order valence-electron chi connectivity index (χ1n) is 7.83. The lowest BCUT2D eigenvalue weighted by molar-refractivity contribution is -0.114. The predicted octanol–water partition coefficient (Wildman–Crippen LogP) is 3.82. The van der Waals surface area contributed by atoms with Gasteiger partial charge in [-0.05, 0) is 30.5 Å². The van der Waals surface area contributed by atoms with Crippen LogP contribution in [0.1, 0.15) is 18.4 Å². The van der Waals surface area contributed by atoms with E-state index in [2.05, 4.69) is 12.1 Å². The minimum atomic E-state index is 0.111. The maximum absolute atomic E-state index is 6.00. The van der Waals surface area contributed by atoms with Crippen molar-refractivity contribution in [3.63, 3.8) is 0 Å². The molecular weight excluding hydrogens is 276 g/mol. The first-order valence-corrected chi connectivity index (χ1v) is 7.83. The molecule has 2 aromatic carbocycles. The van der Waals surface area contributed by atoms with Crippen molar-refractivity contribution in [2.24, 2.45) is 5.41 Å². The van der Waals surface area contributed by atoms with Crippen LogP contribution in [0.25, 0.3) is 0 Å². The summed E-state index contributed by atoms with van der Waals surface area (Å²) in [6, 6.07) is 18.2. The minimum Gasteiger partial charge on any atom is -0.489 e. The van der Waals surface area contributed by atoms with E-state index in [1.165, 1.54) is 5.56 Å². The predicted molar refractivity (Wildman–Crippen MR) is 84.1 cm³/mol. The third-order valence-electron chi connectivity index (χ3n) is 4.57. The van der Waals surface area contributed by atoms with Gasteiger partial charge in [-0.2, -0.15) is 0 Å². The molecule has 1 aliphatic heterocycles. The number of rotatable bonds is 3. The van der Waals surface area contributed by atoms with Crippen LogP contribution in [-0.4, -0.2) is 19.3 Å². The standard InChI is InChI=1S/C19H20O3/c1-2-6-15(7-3-1)12-20-16-10-19(11-16)13-21-17-8-4-5-9-18(17)22-14-19/h1-9,16H,10-14H2. The van der Waals surface area contributed by atoms with Gasteiger partial charge < -0.3 is 14.2 Å². The van der Waals surface area contributed by atoms with E-state index in [9.17, 15) is 0 Å². The number of benzene rings is 2. The molecule has 0 bridgehead atoms. The molecule has 1 spiro atoms. The van der Waals surface area contributed by atoms with Gasteiger partial charge in [-0.15, -0.1) is 0 Å². The number of para-hydroxylation sites is 2. The van der Waals surface area contributed by atoms with E-state index in [1.807, 2.05) is 42.5 Å². The number of hydrogen-bond acceptors (Lipinski definition) is 3. The molecule has 0 aromatic heterocycles. The lowest BCUT2D eigenvalue weighted by Crippen LogP contribution is -2.49. The summed E-state index contributed by atoms with van der Waals surface area (Å²) in [5, 5.41) is 0. The van der Waals surface area contributed by atoms with Crippen LogP contribution in [0.15, 0.2) is 54.6 Å². The molecule has 1 heterocycles. The molecule has 0 N–H and O–H groups in total. The molecule has 1 aliphatic carbocycles. The molecule has 0 atom stereocenters. The summed E-state index contributed by atoms with van der Waals surface area (Å²) in [4.78, 5) is 0. The first kappa shape index (κ1) is 13.6. The van der Waals surface area contributed by atoms with Crippen LogP contribution in [0.5, 0.6) is 11.5 Å². The Balaban J connectivity index is 1.31. The highest BCUT2D eigenvalue weighted by Gasteiger charge is 2.47. The fourth-order valence-electron chi connectivity index (χ4n) is 3.24. The van der Waals surface area contributed by atoms with Crippen LogP contribution in [0.2, 0.25) is 0 Å². The van der Waals surface area contributed by atoms with Gasteiger partial charge in [0, 0.05) is 5.41 Å². The second kappa shape index (κ2) is 5.65.